The van der Waals surface area contributed by atoms with Crippen LogP contribution in [0.25, 0.3) is 0 Å². The molecule has 0 spiro atoms. The number of amides is 2. The van der Waals surface area contributed by atoms with E-state index in [1.807, 2.05) is 29.2 Å². The number of anilines is 2. The van der Waals surface area contributed by atoms with Crippen LogP contribution >= 0.6 is 0 Å². The monoisotopic (exact) mass is 317 g/mol. The number of hydrogen-bond acceptors (Lipinski definition) is 3. The van der Waals surface area contributed by atoms with Crippen molar-refractivity contribution in [1.82, 2.24) is 4.90 Å². The molecule has 0 bridgehead atoms. The molecule has 0 saturated carbocycles. The minimum absolute atomic E-state index is 0.0329. The van der Waals surface area contributed by atoms with Gasteiger partial charge in [-0.25, -0.2) is 0 Å². The average molecular weight is 317 g/mol. The molecule has 1 aromatic rings. The Morgan fingerprint density at radius 1 is 1.00 bits per heavy atom. The molecule has 2 amide bonds. The highest BCUT2D eigenvalue weighted by atomic mass is 16.2. The summed E-state index contributed by atoms with van der Waals surface area (Å²) in [7, 11) is 0. The minimum atomic E-state index is -0.104. The van der Waals surface area contributed by atoms with E-state index < -0.39 is 0 Å². The maximum absolute atomic E-state index is 12.3. The normalized spacial score (nSPS) is 14.0. The average Bonchev–Trinajstić information content (AvgIpc) is 3.08. The van der Waals surface area contributed by atoms with Crippen LogP contribution in [0.2, 0.25) is 0 Å². The maximum atomic E-state index is 12.3. The van der Waals surface area contributed by atoms with Gasteiger partial charge in [0.2, 0.25) is 11.8 Å². The first-order valence-electron chi connectivity index (χ1n) is 8.47. The van der Waals surface area contributed by atoms with Gasteiger partial charge in [0.25, 0.3) is 0 Å². The van der Waals surface area contributed by atoms with Gasteiger partial charge in [-0.2, -0.15) is 0 Å². The second-order valence-corrected chi connectivity index (χ2v) is 5.88. The first kappa shape index (κ1) is 17.3. The third-order valence-corrected chi connectivity index (χ3v) is 4.42. The molecule has 1 saturated heterocycles. The molecule has 1 aromatic carbocycles. The van der Waals surface area contributed by atoms with Gasteiger partial charge in [-0.1, -0.05) is 0 Å². The van der Waals surface area contributed by atoms with E-state index >= 15 is 0 Å². The summed E-state index contributed by atoms with van der Waals surface area (Å²) in [6.07, 6.45) is 2.12. The van der Waals surface area contributed by atoms with Crippen molar-refractivity contribution in [2.45, 2.75) is 33.6 Å². The number of carbonyl (C=O) groups excluding carboxylic acids is 2. The quantitative estimate of drug-likeness (QED) is 0.810. The Labute approximate surface area is 138 Å². The number of nitrogens with zero attached hydrogens (tertiary/aromatic N) is 3. The maximum Gasteiger partial charge on any atom is 0.242 e. The molecule has 5 heteroatoms. The number of likely N-dealkylation sites (tertiary alicyclic amines) is 1. The largest absolute Gasteiger partial charge is 0.372 e. The van der Waals surface area contributed by atoms with Crippen molar-refractivity contribution < 1.29 is 9.59 Å². The molecular weight excluding hydrogens is 290 g/mol. The molecule has 0 atom stereocenters. The van der Waals surface area contributed by atoms with Crippen molar-refractivity contribution in [3.63, 3.8) is 0 Å². The Balaban J connectivity index is 2.11. The molecule has 2 rings (SSSR count). The van der Waals surface area contributed by atoms with Crippen molar-refractivity contribution in [2.24, 2.45) is 0 Å². The summed E-state index contributed by atoms with van der Waals surface area (Å²) in [5.74, 6) is -0.0707. The summed E-state index contributed by atoms with van der Waals surface area (Å²) in [6.45, 7) is 9.38. The lowest BCUT2D eigenvalue weighted by Crippen LogP contribution is -2.41. The van der Waals surface area contributed by atoms with Crippen molar-refractivity contribution in [3.05, 3.63) is 24.3 Å². The summed E-state index contributed by atoms with van der Waals surface area (Å²) in [4.78, 5) is 30.0. The smallest absolute Gasteiger partial charge is 0.242 e. The second kappa shape index (κ2) is 7.99. The molecule has 126 valence electrons. The Bertz CT molecular complexity index is 532. The number of carbonyl (C=O) groups is 2. The van der Waals surface area contributed by atoms with Crippen LogP contribution in [0.3, 0.4) is 0 Å². The summed E-state index contributed by atoms with van der Waals surface area (Å²) < 4.78 is 0. The van der Waals surface area contributed by atoms with Crippen molar-refractivity contribution in [2.75, 3.05) is 42.5 Å². The van der Waals surface area contributed by atoms with Crippen molar-refractivity contribution >= 4 is 23.2 Å². The zero-order chi connectivity index (χ0) is 16.8. The Kier molecular flexibility index (Phi) is 6.02. The molecule has 0 aliphatic carbocycles. The highest BCUT2D eigenvalue weighted by Gasteiger charge is 2.22. The summed E-state index contributed by atoms with van der Waals surface area (Å²) in [5.41, 5.74) is 1.91. The zero-order valence-electron chi connectivity index (χ0n) is 14.4. The Morgan fingerprint density at radius 3 is 2.00 bits per heavy atom. The minimum Gasteiger partial charge on any atom is -0.372 e. The number of benzene rings is 1. The van der Waals surface area contributed by atoms with E-state index in [9.17, 15) is 9.59 Å². The first-order chi connectivity index (χ1) is 11.1. The van der Waals surface area contributed by atoms with E-state index in [2.05, 4.69) is 18.7 Å². The van der Waals surface area contributed by atoms with Gasteiger partial charge in [-0.15, -0.1) is 0 Å². The topological polar surface area (TPSA) is 43.9 Å². The summed E-state index contributed by atoms with van der Waals surface area (Å²) in [5, 5.41) is 0. The molecule has 0 N–H and O–H groups in total. The zero-order valence-corrected chi connectivity index (χ0v) is 14.4. The van der Waals surface area contributed by atoms with E-state index in [0.717, 1.165) is 50.4 Å². The Hall–Kier alpha value is -2.04. The van der Waals surface area contributed by atoms with E-state index in [0.29, 0.717) is 0 Å². The molecule has 0 unspecified atom stereocenters. The highest BCUT2D eigenvalue weighted by molar-refractivity contribution is 5.97. The van der Waals surface area contributed by atoms with Crippen LogP contribution in [-0.4, -0.2) is 49.4 Å². The van der Waals surface area contributed by atoms with Crippen LogP contribution in [0.1, 0.15) is 33.6 Å². The highest BCUT2D eigenvalue weighted by Crippen LogP contribution is 2.21. The lowest BCUT2D eigenvalue weighted by Gasteiger charge is -2.25. The fourth-order valence-electron chi connectivity index (χ4n) is 3.02. The van der Waals surface area contributed by atoms with Gasteiger partial charge in [-0.3, -0.25) is 9.59 Å². The Morgan fingerprint density at radius 2 is 1.52 bits per heavy atom. The van der Waals surface area contributed by atoms with Gasteiger partial charge >= 0.3 is 0 Å². The molecule has 0 radical (unpaired) electrons. The van der Waals surface area contributed by atoms with Crippen molar-refractivity contribution in [3.8, 4) is 0 Å². The van der Waals surface area contributed by atoms with Gasteiger partial charge < -0.3 is 14.7 Å². The van der Waals surface area contributed by atoms with E-state index in [4.69, 9.17) is 0 Å². The fourth-order valence-corrected chi connectivity index (χ4v) is 3.02. The van der Waals surface area contributed by atoms with Crippen LogP contribution in [0.5, 0.6) is 0 Å². The van der Waals surface area contributed by atoms with Gasteiger partial charge in [0.15, 0.2) is 0 Å². The molecule has 1 fully saturated rings. The van der Waals surface area contributed by atoms with Gasteiger partial charge in [0.1, 0.15) is 6.54 Å². The van der Waals surface area contributed by atoms with Crippen LogP contribution < -0.4 is 9.80 Å². The van der Waals surface area contributed by atoms with Crippen molar-refractivity contribution in [1.29, 1.82) is 0 Å². The van der Waals surface area contributed by atoms with E-state index in [-0.39, 0.29) is 18.4 Å². The second-order valence-electron chi connectivity index (χ2n) is 5.88. The third kappa shape index (κ3) is 4.24. The van der Waals surface area contributed by atoms with Crippen LogP contribution in [0, 0.1) is 0 Å². The van der Waals surface area contributed by atoms with Crippen LogP contribution in [-0.2, 0) is 9.59 Å². The van der Waals surface area contributed by atoms with Crippen LogP contribution in [0.4, 0.5) is 11.4 Å². The number of hydrogen-bond donors (Lipinski definition) is 0. The predicted octanol–water partition coefficient (Wildman–Crippen LogP) is 2.51. The molecule has 5 nitrogen and oxygen atoms in total. The molecule has 23 heavy (non-hydrogen) atoms. The summed E-state index contributed by atoms with van der Waals surface area (Å²) >= 11 is 0. The van der Waals surface area contributed by atoms with Gasteiger partial charge in [0.05, 0.1) is 0 Å². The number of rotatable bonds is 6. The lowest BCUT2D eigenvalue weighted by molar-refractivity contribution is -0.130. The SMILES string of the molecule is CCN(CC)c1ccc(N(CC(=O)N2CCCC2)C(C)=O)cc1. The molecule has 1 heterocycles. The molecule has 0 aromatic heterocycles. The van der Waals surface area contributed by atoms with E-state index in [1.165, 1.54) is 6.92 Å². The van der Waals surface area contributed by atoms with Crippen LogP contribution in [0.15, 0.2) is 24.3 Å². The van der Waals surface area contributed by atoms with Gasteiger partial charge in [-0.05, 0) is 51.0 Å². The summed E-state index contributed by atoms with van der Waals surface area (Å²) in [6, 6.07) is 7.87. The third-order valence-electron chi connectivity index (χ3n) is 4.42. The molecular formula is C18H27N3O2. The fraction of sp³-hybridized carbons (Fsp3) is 0.556. The molecule has 1 aliphatic rings. The van der Waals surface area contributed by atoms with E-state index in [1.54, 1.807) is 4.90 Å². The molecule has 1 aliphatic heterocycles. The predicted molar refractivity (Wildman–Crippen MR) is 93.8 cm³/mol. The lowest BCUT2D eigenvalue weighted by atomic mass is 10.2. The first-order valence-corrected chi connectivity index (χ1v) is 8.47. The van der Waals surface area contributed by atoms with Gasteiger partial charge in [0, 0.05) is 44.5 Å². The standard InChI is InChI=1S/C18H27N3O2/c1-4-19(5-2)16-8-10-17(11-9-16)21(15(3)22)14-18(23)20-12-6-7-13-20/h8-11H,4-7,12-14H2,1-3H3.